The summed E-state index contributed by atoms with van der Waals surface area (Å²) in [6.07, 6.45) is 3.48. The fourth-order valence-corrected chi connectivity index (χ4v) is 2.13. The number of sulfonamides is 1. The normalized spacial score (nSPS) is 11.3. The molecule has 19 heavy (non-hydrogen) atoms. The van der Waals surface area contributed by atoms with Crippen molar-refractivity contribution < 1.29 is 8.42 Å². The topological polar surface area (TPSA) is 96.0 Å². The predicted octanol–water partition coefficient (Wildman–Crippen LogP) is 1.02. The van der Waals surface area contributed by atoms with E-state index >= 15 is 0 Å². The Morgan fingerprint density at radius 1 is 1.32 bits per heavy atom. The highest BCUT2D eigenvalue weighted by Gasteiger charge is 2.04. The largest absolute Gasteiger partial charge is 0.369 e. The average Bonchev–Trinajstić information content (AvgIpc) is 2.31. The second-order valence-electron chi connectivity index (χ2n) is 3.87. The third-order valence-corrected chi connectivity index (χ3v) is 3.40. The highest BCUT2D eigenvalue weighted by atomic mass is 79.9. The first-order chi connectivity index (χ1) is 8.92. The molecular weight excluding hydrogens is 334 g/mol. The Morgan fingerprint density at radius 3 is 2.68 bits per heavy atom. The van der Waals surface area contributed by atoms with Crippen molar-refractivity contribution in [2.45, 2.75) is 13.3 Å². The lowest BCUT2D eigenvalue weighted by molar-refractivity contribution is 0.586. The van der Waals surface area contributed by atoms with Crippen LogP contribution in [-0.2, 0) is 10.0 Å². The van der Waals surface area contributed by atoms with E-state index in [1.165, 1.54) is 0 Å². The van der Waals surface area contributed by atoms with Crippen LogP contribution < -0.4 is 15.4 Å². The van der Waals surface area contributed by atoms with Crippen molar-refractivity contribution in [2.24, 2.45) is 0 Å². The van der Waals surface area contributed by atoms with Crippen molar-refractivity contribution in [2.75, 3.05) is 36.5 Å². The highest BCUT2D eigenvalue weighted by Crippen LogP contribution is 2.19. The van der Waals surface area contributed by atoms with Crippen molar-refractivity contribution in [1.82, 2.24) is 14.7 Å². The van der Waals surface area contributed by atoms with Gasteiger partial charge in [-0.1, -0.05) is 0 Å². The summed E-state index contributed by atoms with van der Waals surface area (Å²) in [7, 11) is -3.11. The van der Waals surface area contributed by atoms with Gasteiger partial charge in [-0.2, -0.15) is 4.98 Å². The summed E-state index contributed by atoms with van der Waals surface area (Å²) in [5, 5.41) is 6.15. The molecule has 0 aromatic carbocycles. The molecule has 108 valence electrons. The molecule has 0 spiro atoms. The van der Waals surface area contributed by atoms with Crippen LogP contribution in [0.3, 0.4) is 0 Å². The molecule has 1 rings (SSSR count). The molecule has 0 aliphatic heterocycles. The second kappa shape index (κ2) is 7.61. The van der Waals surface area contributed by atoms with Gasteiger partial charge in [0.05, 0.1) is 10.7 Å². The molecule has 0 amide bonds. The van der Waals surface area contributed by atoms with Gasteiger partial charge in [-0.05, 0) is 29.3 Å². The number of hydrogen-bond acceptors (Lipinski definition) is 6. The van der Waals surface area contributed by atoms with Gasteiger partial charge in [0.25, 0.3) is 0 Å². The molecular formula is C10H18BrN5O2S. The molecule has 0 bridgehead atoms. The zero-order chi connectivity index (χ0) is 14.3. The van der Waals surface area contributed by atoms with Crippen LogP contribution in [0.5, 0.6) is 0 Å². The summed E-state index contributed by atoms with van der Waals surface area (Å²) in [6, 6.07) is 0. The molecule has 1 heterocycles. The molecule has 7 nitrogen and oxygen atoms in total. The van der Waals surface area contributed by atoms with Crippen LogP contribution in [0.1, 0.15) is 13.3 Å². The van der Waals surface area contributed by atoms with Crippen molar-refractivity contribution in [3.63, 3.8) is 0 Å². The number of nitrogens with one attached hydrogen (secondary N) is 3. The molecule has 3 N–H and O–H groups in total. The molecule has 0 atom stereocenters. The van der Waals surface area contributed by atoms with E-state index in [0.717, 1.165) is 17.3 Å². The van der Waals surface area contributed by atoms with Gasteiger partial charge >= 0.3 is 0 Å². The zero-order valence-corrected chi connectivity index (χ0v) is 13.3. The Hall–Kier alpha value is -0.930. The van der Waals surface area contributed by atoms with Gasteiger partial charge < -0.3 is 10.6 Å². The van der Waals surface area contributed by atoms with E-state index in [9.17, 15) is 8.42 Å². The van der Waals surface area contributed by atoms with Crippen molar-refractivity contribution in [1.29, 1.82) is 0 Å². The van der Waals surface area contributed by atoms with Gasteiger partial charge in [-0.3, -0.25) is 0 Å². The molecule has 0 fully saturated rings. The molecule has 0 aliphatic carbocycles. The van der Waals surface area contributed by atoms with Gasteiger partial charge in [0.15, 0.2) is 0 Å². The molecule has 0 saturated carbocycles. The lowest BCUT2D eigenvalue weighted by Gasteiger charge is -2.09. The molecule has 0 unspecified atom stereocenters. The predicted molar refractivity (Wildman–Crippen MR) is 79.8 cm³/mol. The maximum Gasteiger partial charge on any atom is 0.224 e. The quantitative estimate of drug-likeness (QED) is 0.605. The van der Waals surface area contributed by atoms with E-state index in [4.69, 9.17) is 0 Å². The van der Waals surface area contributed by atoms with E-state index < -0.39 is 10.0 Å². The Bertz CT molecular complexity index is 509. The highest BCUT2D eigenvalue weighted by molar-refractivity contribution is 9.10. The minimum Gasteiger partial charge on any atom is -0.369 e. The van der Waals surface area contributed by atoms with Crippen molar-refractivity contribution >= 4 is 37.7 Å². The van der Waals surface area contributed by atoms with E-state index in [-0.39, 0.29) is 0 Å². The van der Waals surface area contributed by atoms with E-state index in [2.05, 4.69) is 41.3 Å². The maximum absolute atomic E-state index is 10.9. The first kappa shape index (κ1) is 16.1. The summed E-state index contributed by atoms with van der Waals surface area (Å²) >= 11 is 3.36. The van der Waals surface area contributed by atoms with Crippen LogP contribution in [0.25, 0.3) is 0 Å². The molecule has 1 aromatic heterocycles. The number of aromatic nitrogens is 2. The molecule has 1 aromatic rings. The van der Waals surface area contributed by atoms with Crippen LogP contribution in [0.2, 0.25) is 0 Å². The molecule has 0 saturated heterocycles. The van der Waals surface area contributed by atoms with Crippen molar-refractivity contribution in [3.8, 4) is 0 Å². The Morgan fingerprint density at radius 2 is 2.05 bits per heavy atom. The second-order valence-corrected chi connectivity index (χ2v) is 6.55. The van der Waals surface area contributed by atoms with Crippen LogP contribution in [0, 0.1) is 0 Å². The summed E-state index contributed by atoms with van der Waals surface area (Å²) in [6.45, 7) is 3.73. The van der Waals surface area contributed by atoms with Gasteiger partial charge in [0.1, 0.15) is 5.82 Å². The molecule has 0 aliphatic rings. The van der Waals surface area contributed by atoms with Crippen LogP contribution in [0.4, 0.5) is 11.8 Å². The molecule has 0 radical (unpaired) electrons. The third-order valence-electron chi connectivity index (χ3n) is 2.09. The first-order valence-corrected chi connectivity index (χ1v) is 8.55. The Balaban J connectivity index is 2.42. The van der Waals surface area contributed by atoms with Gasteiger partial charge in [-0.25, -0.2) is 18.1 Å². The minimum atomic E-state index is -3.11. The van der Waals surface area contributed by atoms with Crippen LogP contribution in [-0.4, -0.2) is 44.3 Å². The number of halogens is 1. The minimum absolute atomic E-state index is 0.397. The maximum atomic E-state index is 10.9. The molecule has 9 heteroatoms. The first-order valence-electron chi connectivity index (χ1n) is 5.87. The van der Waals surface area contributed by atoms with Crippen LogP contribution in [0.15, 0.2) is 10.7 Å². The fourth-order valence-electron chi connectivity index (χ4n) is 1.29. The lowest BCUT2D eigenvalue weighted by atomic mass is 10.4. The third kappa shape index (κ3) is 6.69. The Labute approximate surface area is 121 Å². The number of hydrogen-bond donors (Lipinski definition) is 3. The number of rotatable bonds is 8. The summed E-state index contributed by atoms with van der Waals surface area (Å²) in [4.78, 5) is 8.39. The van der Waals surface area contributed by atoms with E-state index in [1.54, 1.807) is 6.20 Å². The summed E-state index contributed by atoms with van der Waals surface area (Å²) < 4.78 is 24.9. The standard InChI is InChI=1S/C10H18BrN5O2S/c1-3-12-10-14-7-8(11)9(16-10)13-5-4-6-15-19(2,17)18/h7,15H,3-6H2,1-2H3,(H2,12,13,14,16). The van der Waals surface area contributed by atoms with Gasteiger partial charge in [-0.15, -0.1) is 0 Å². The summed E-state index contributed by atoms with van der Waals surface area (Å²) in [5.74, 6) is 1.24. The average molecular weight is 352 g/mol. The lowest BCUT2D eigenvalue weighted by Crippen LogP contribution is -2.24. The van der Waals surface area contributed by atoms with Crippen molar-refractivity contribution in [3.05, 3.63) is 10.7 Å². The number of nitrogens with zero attached hydrogens (tertiary/aromatic N) is 2. The fraction of sp³-hybridized carbons (Fsp3) is 0.600. The van der Waals surface area contributed by atoms with E-state index in [0.29, 0.717) is 31.3 Å². The van der Waals surface area contributed by atoms with E-state index in [1.807, 2.05) is 6.92 Å². The SMILES string of the molecule is CCNc1ncc(Br)c(NCCCNS(C)(=O)=O)n1. The van der Waals surface area contributed by atoms with Crippen LogP contribution >= 0.6 is 15.9 Å². The monoisotopic (exact) mass is 351 g/mol. The Kier molecular flexibility index (Phi) is 6.46. The zero-order valence-electron chi connectivity index (χ0n) is 10.9. The summed E-state index contributed by atoms with van der Waals surface area (Å²) in [5.41, 5.74) is 0. The van der Waals surface area contributed by atoms with Gasteiger partial charge in [0, 0.05) is 25.8 Å². The van der Waals surface area contributed by atoms with Gasteiger partial charge in [0.2, 0.25) is 16.0 Å². The number of anilines is 2. The smallest absolute Gasteiger partial charge is 0.224 e.